The molecule has 5 rings (SSSR count). The van der Waals surface area contributed by atoms with Gasteiger partial charge in [-0.15, -0.1) is 0 Å². The van der Waals surface area contributed by atoms with Gasteiger partial charge in [0.25, 0.3) is 0 Å². The molecule has 2 aromatic heterocycles. The molecule has 0 amide bonds. The van der Waals surface area contributed by atoms with Crippen LogP contribution in [0.3, 0.4) is 0 Å². The Bertz CT molecular complexity index is 1180. The van der Waals surface area contributed by atoms with Crippen molar-refractivity contribution in [3.63, 3.8) is 0 Å². The van der Waals surface area contributed by atoms with E-state index >= 15 is 0 Å². The largest absolute Gasteiger partial charge is 0.497 e. The summed E-state index contributed by atoms with van der Waals surface area (Å²) in [4.78, 5) is 6.78. The quantitative estimate of drug-likeness (QED) is 0.452. The maximum absolute atomic E-state index is 5.79. The minimum absolute atomic E-state index is 0.0410. The van der Waals surface area contributed by atoms with Crippen LogP contribution in [-0.2, 0) is 0 Å². The first-order chi connectivity index (χ1) is 15.2. The van der Waals surface area contributed by atoms with E-state index in [0.29, 0.717) is 5.11 Å². The first-order valence-electron chi connectivity index (χ1n) is 10.1. The minimum atomic E-state index is -0.0672. The molecule has 3 heterocycles. The highest BCUT2D eigenvalue weighted by molar-refractivity contribution is 7.80. The summed E-state index contributed by atoms with van der Waals surface area (Å²) in [7, 11) is 1.67. The zero-order valence-electron chi connectivity index (χ0n) is 17.1. The molecule has 0 unspecified atom stereocenters. The number of rotatable bonds is 5. The molecule has 154 valence electrons. The topological polar surface area (TPSA) is 42.3 Å². The molecule has 1 aliphatic heterocycles. The molecule has 1 fully saturated rings. The smallest absolute Gasteiger partial charge is 0.174 e. The summed E-state index contributed by atoms with van der Waals surface area (Å²) < 4.78 is 7.47. The van der Waals surface area contributed by atoms with Gasteiger partial charge in [-0.25, -0.2) is 0 Å². The van der Waals surface area contributed by atoms with Crippen molar-refractivity contribution >= 4 is 23.0 Å². The molecule has 31 heavy (non-hydrogen) atoms. The molecular formula is C25H22N4OS. The van der Waals surface area contributed by atoms with Crippen LogP contribution in [0.1, 0.15) is 23.3 Å². The maximum atomic E-state index is 5.79. The Hall–Kier alpha value is -3.64. The van der Waals surface area contributed by atoms with E-state index in [1.165, 1.54) is 0 Å². The first kappa shape index (κ1) is 19.3. The van der Waals surface area contributed by atoms with Crippen molar-refractivity contribution in [3.8, 4) is 11.4 Å². The summed E-state index contributed by atoms with van der Waals surface area (Å²) in [5.41, 5.74) is 4.24. The van der Waals surface area contributed by atoms with Crippen molar-refractivity contribution in [1.29, 1.82) is 0 Å². The molecule has 0 radical (unpaired) electrons. The lowest BCUT2D eigenvalue weighted by Gasteiger charge is -2.27. The van der Waals surface area contributed by atoms with Gasteiger partial charge in [-0.05, 0) is 72.4 Å². The lowest BCUT2D eigenvalue weighted by Crippen LogP contribution is -2.29. The number of hydrogen-bond acceptors (Lipinski definition) is 3. The van der Waals surface area contributed by atoms with Gasteiger partial charge in [0.1, 0.15) is 5.75 Å². The van der Waals surface area contributed by atoms with Gasteiger partial charge in [0.15, 0.2) is 5.11 Å². The Labute approximate surface area is 186 Å². The molecule has 2 aromatic carbocycles. The summed E-state index contributed by atoms with van der Waals surface area (Å²) in [6.45, 7) is 0. The molecule has 1 N–H and O–H groups in total. The van der Waals surface area contributed by atoms with Crippen molar-refractivity contribution in [2.75, 3.05) is 12.0 Å². The normalized spacial score (nSPS) is 18.1. The molecule has 4 aromatic rings. The first-order valence-corrected chi connectivity index (χ1v) is 10.5. The summed E-state index contributed by atoms with van der Waals surface area (Å²) in [5.74, 6) is 0.815. The van der Waals surface area contributed by atoms with Crippen molar-refractivity contribution < 1.29 is 4.74 Å². The number of nitrogens with zero attached hydrogens (tertiary/aromatic N) is 3. The Morgan fingerprint density at radius 2 is 1.68 bits per heavy atom. The average molecular weight is 427 g/mol. The molecule has 6 heteroatoms. The highest BCUT2D eigenvalue weighted by Crippen LogP contribution is 2.42. The van der Waals surface area contributed by atoms with Crippen molar-refractivity contribution in [2.45, 2.75) is 12.1 Å². The van der Waals surface area contributed by atoms with Crippen LogP contribution in [0.4, 0.5) is 5.69 Å². The van der Waals surface area contributed by atoms with Crippen molar-refractivity contribution in [3.05, 3.63) is 109 Å². The molecule has 1 saturated heterocycles. The van der Waals surface area contributed by atoms with E-state index in [4.69, 9.17) is 17.0 Å². The summed E-state index contributed by atoms with van der Waals surface area (Å²) in [6.07, 6.45) is 6.08. The zero-order chi connectivity index (χ0) is 21.2. The summed E-state index contributed by atoms with van der Waals surface area (Å²) in [6, 6.07) is 26.3. The van der Waals surface area contributed by atoms with Crippen LogP contribution >= 0.6 is 12.2 Å². The predicted octanol–water partition coefficient (Wildman–Crippen LogP) is 5.06. The third-order valence-electron chi connectivity index (χ3n) is 5.56. The van der Waals surface area contributed by atoms with Crippen molar-refractivity contribution in [2.24, 2.45) is 0 Å². The number of methoxy groups -OCH3 is 1. The molecule has 0 spiro atoms. The predicted molar refractivity (Wildman–Crippen MR) is 127 cm³/mol. The van der Waals surface area contributed by atoms with Gasteiger partial charge < -0.3 is 19.5 Å². The number of ether oxygens (including phenoxy) is 1. The number of aromatic nitrogens is 2. The maximum Gasteiger partial charge on any atom is 0.174 e. The number of hydrogen-bond donors (Lipinski definition) is 1. The molecular weight excluding hydrogens is 404 g/mol. The zero-order valence-corrected chi connectivity index (χ0v) is 17.9. The van der Waals surface area contributed by atoms with Gasteiger partial charge in [-0.2, -0.15) is 0 Å². The van der Waals surface area contributed by atoms with Gasteiger partial charge in [0.05, 0.1) is 24.9 Å². The standard InChI is InChI=1S/C25H22N4OS/c1-30-21-12-10-20(11-13-21)29-24(23(27-25(29)31)22-9-5-6-15-26-22)18-14-16-28(17-18)19-7-3-2-4-8-19/h2-17,23-24H,1H3,(H,27,31)/t23-,24+/m0/s1. The van der Waals surface area contributed by atoms with E-state index in [2.05, 4.69) is 50.4 Å². The van der Waals surface area contributed by atoms with Crippen LogP contribution in [0.25, 0.3) is 5.69 Å². The third kappa shape index (κ3) is 3.66. The van der Waals surface area contributed by atoms with Crippen LogP contribution < -0.4 is 15.0 Å². The Balaban J connectivity index is 1.58. The van der Waals surface area contributed by atoms with E-state index in [0.717, 1.165) is 28.4 Å². The molecule has 5 nitrogen and oxygen atoms in total. The molecule has 0 saturated carbocycles. The van der Waals surface area contributed by atoms with E-state index in [1.54, 1.807) is 7.11 Å². The van der Waals surface area contributed by atoms with E-state index in [-0.39, 0.29) is 12.1 Å². The van der Waals surface area contributed by atoms with Crippen LogP contribution in [0, 0.1) is 0 Å². The van der Waals surface area contributed by atoms with Gasteiger partial charge in [-0.3, -0.25) is 4.98 Å². The number of thiocarbonyl (C=S) groups is 1. The molecule has 0 aliphatic carbocycles. The lowest BCUT2D eigenvalue weighted by molar-refractivity contribution is 0.415. The molecule has 0 bridgehead atoms. The Kier molecular flexibility index (Phi) is 5.14. The second-order valence-electron chi connectivity index (χ2n) is 7.38. The lowest BCUT2D eigenvalue weighted by atomic mass is 9.98. The fourth-order valence-corrected chi connectivity index (χ4v) is 4.41. The van der Waals surface area contributed by atoms with Crippen LogP contribution in [0.2, 0.25) is 0 Å². The number of anilines is 1. The van der Waals surface area contributed by atoms with Gasteiger partial charge >= 0.3 is 0 Å². The summed E-state index contributed by atoms with van der Waals surface area (Å²) >= 11 is 5.79. The summed E-state index contributed by atoms with van der Waals surface area (Å²) in [5, 5.41) is 4.18. The van der Waals surface area contributed by atoms with Gasteiger partial charge in [0, 0.05) is 30.0 Å². The molecule has 2 atom stereocenters. The van der Waals surface area contributed by atoms with Gasteiger partial charge in [-0.1, -0.05) is 24.3 Å². The number of nitrogens with one attached hydrogen (secondary N) is 1. The third-order valence-corrected chi connectivity index (χ3v) is 5.87. The number of benzene rings is 2. The van der Waals surface area contributed by atoms with E-state index < -0.39 is 0 Å². The van der Waals surface area contributed by atoms with E-state index in [1.807, 2.05) is 66.9 Å². The molecule has 1 aliphatic rings. The Morgan fingerprint density at radius 3 is 2.39 bits per heavy atom. The second kappa shape index (κ2) is 8.24. The monoisotopic (exact) mass is 426 g/mol. The fourth-order valence-electron chi connectivity index (χ4n) is 4.06. The SMILES string of the molecule is COc1ccc(N2C(=S)N[C@@H](c3ccccn3)[C@H]2c2ccn(-c3ccccc3)c2)cc1. The second-order valence-corrected chi connectivity index (χ2v) is 7.77. The van der Waals surface area contributed by atoms with Crippen LogP contribution in [0.5, 0.6) is 5.75 Å². The van der Waals surface area contributed by atoms with E-state index in [9.17, 15) is 0 Å². The number of pyridine rings is 1. The minimum Gasteiger partial charge on any atom is -0.497 e. The Morgan fingerprint density at radius 1 is 0.903 bits per heavy atom. The number of para-hydroxylation sites is 1. The highest BCUT2D eigenvalue weighted by atomic mass is 32.1. The fraction of sp³-hybridized carbons (Fsp3) is 0.120. The highest BCUT2D eigenvalue weighted by Gasteiger charge is 2.41. The van der Waals surface area contributed by atoms with Gasteiger partial charge in [0.2, 0.25) is 0 Å². The van der Waals surface area contributed by atoms with Crippen LogP contribution in [-0.4, -0.2) is 21.8 Å². The average Bonchev–Trinajstić information content (AvgIpc) is 3.45. The van der Waals surface area contributed by atoms with Crippen molar-refractivity contribution in [1.82, 2.24) is 14.9 Å². The van der Waals surface area contributed by atoms with Crippen LogP contribution in [0.15, 0.2) is 97.5 Å².